The van der Waals surface area contributed by atoms with Gasteiger partial charge < -0.3 is 10.1 Å². The quantitative estimate of drug-likeness (QED) is 0.583. The average molecular weight is 386 g/mol. The van der Waals surface area contributed by atoms with Crippen LogP contribution in [0.15, 0.2) is 30.3 Å². The van der Waals surface area contributed by atoms with Crippen molar-refractivity contribution in [2.45, 2.75) is 58.4 Å². The number of hydrogen-bond acceptors (Lipinski definition) is 4. The van der Waals surface area contributed by atoms with Crippen molar-refractivity contribution < 1.29 is 14.3 Å². The van der Waals surface area contributed by atoms with E-state index in [9.17, 15) is 9.59 Å². The zero-order chi connectivity index (χ0) is 19.2. The fourth-order valence-electron chi connectivity index (χ4n) is 3.38. The zero-order valence-corrected chi connectivity index (χ0v) is 16.9. The zero-order valence-electron chi connectivity index (χ0n) is 16.0. The molecular formula is C22H27NO3S. The van der Waals surface area contributed by atoms with E-state index in [1.807, 2.05) is 25.1 Å². The highest BCUT2D eigenvalue weighted by Gasteiger charge is 2.18. The number of aryl methyl sites for hydroxylation is 3. The summed E-state index contributed by atoms with van der Waals surface area (Å²) in [7, 11) is 0. The van der Waals surface area contributed by atoms with E-state index in [1.165, 1.54) is 46.6 Å². The molecule has 2 aromatic rings. The third-order valence-electron chi connectivity index (χ3n) is 5.05. The van der Waals surface area contributed by atoms with E-state index < -0.39 is 5.97 Å². The van der Waals surface area contributed by atoms with Gasteiger partial charge in [0.25, 0.3) is 5.91 Å². The summed E-state index contributed by atoms with van der Waals surface area (Å²) in [6, 6.07) is 10.0. The molecule has 0 aliphatic heterocycles. The molecule has 27 heavy (non-hydrogen) atoms. The molecule has 3 rings (SSSR count). The Bertz CT molecular complexity index is 771. The molecule has 4 nitrogen and oxygen atoms in total. The van der Waals surface area contributed by atoms with Gasteiger partial charge in [-0.2, -0.15) is 0 Å². The lowest BCUT2D eigenvalue weighted by Crippen LogP contribution is -2.31. The number of esters is 1. The van der Waals surface area contributed by atoms with Gasteiger partial charge in [-0.1, -0.05) is 37.6 Å². The van der Waals surface area contributed by atoms with E-state index in [1.54, 1.807) is 0 Å². The van der Waals surface area contributed by atoms with Crippen molar-refractivity contribution in [1.82, 2.24) is 5.32 Å². The summed E-state index contributed by atoms with van der Waals surface area (Å²) in [6.45, 7) is 3.79. The predicted molar refractivity (Wildman–Crippen MR) is 108 cm³/mol. The van der Waals surface area contributed by atoms with Crippen LogP contribution in [0, 0.1) is 0 Å². The minimum absolute atomic E-state index is 0.125. The number of hydrogen-bond donors (Lipinski definition) is 1. The van der Waals surface area contributed by atoms with E-state index in [0.29, 0.717) is 4.88 Å². The monoisotopic (exact) mass is 385 g/mol. The first-order chi connectivity index (χ1) is 13.1. The third-order valence-corrected chi connectivity index (χ3v) is 6.26. The van der Waals surface area contributed by atoms with Crippen LogP contribution in [0.2, 0.25) is 0 Å². The third kappa shape index (κ3) is 5.19. The lowest BCUT2D eigenvalue weighted by molar-refractivity contribution is -0.124. The molecule has 0 unspecified atom stereocenters. The number of thiophene rings is 1. The highest BCUT2D eigenvalue weighted by Crippen LogP contribution is 2.29. The van der Waals surface area contributed by atoms with Crippen LogP contribution < -0.4 is 5.32 Å². The van der Waals surface area contributed by atoms with Gasteiger partial charge >= 0.3 is 5.97 Å². The molecule has 0 spiro atoms. The normalized spacial score (nSPS) is 14.7. The van der Waals surface area contributed by atoms with Crippen molar-refractivity contribution >= 4 is 23.2 Å². The summed E-state index contributed by atoms with van der Waals surface area (Å²) in [5, 5.41) is 2.88. The largest absolute Gasteiger partial charge is 0.451 e. The van der Waals surface area contributed by atoms with Gasteiger partial charge in [0, 0.05) is 4.88 Å². The standard InChI is InChI=1S/C22H27NO3S/c1-3-16-9-11-17(12-10-16)15(2)23-21(24)14-26-22(25)20-13-18-7-5-4-6-8-19(18)27-20/h9-13,15H,3-8,14H2,1-2H3,(H,23,24)/t15-/m1/s1. The molecule has 0 bridgehead atoms. The van der Waals surface area contributed by atoms with Crippen molar-refractivity contribution in [3.8, 4) is 0 Å². The van der Waals surface area contributed by atoms with Gasteiger partial charge in [-0.3, -0.25) is 4.79 Å². The summed E-state index contributed by atoms with van der Waals surface area (Å²) in [6.07, 6.45) is 6.68. The summed E-state index contributed by atoms with van der Waals surface area (Å²) in [5.74, 6) is -0.684. The second kappa shape index (κ2) is 9.18. The fourth-order valence-corrected chi connectivity index (χ4v) is 4.53. The lowest BCUT2D eigenvalue weighted by atomic mass is 10.1. The molecular weight excluding hydrogens is 358 g/mol. The van der Waals surface area contributed by atoms with Crippen molar-refractivity contribution in [3.05, 3.63) is 56.8 Å². The Hall–Kier alpha value is -2.14. The van der Waals surface area contributed by atoms with Crippen LogP contribution in [0.3, 0.4) is 0 Å². The predicted octanol–water partition coefficient (Wildman–Crippen LogP) is 4.61. The number of carbonyl (C=O) groups excluding carboxylic acids is 2. The molecule has 1 aliphatic rings. The Morgan fingerprint density at radius 1 is 1.15 bits per heavy atom. The summed E-state index contributed by atoms with van der Waals surface area (Å²) < 4.78 is 5.23. The second-order valence-electron chi connectivity index (χ2n) is 7.08. The van der Waals surface area contributed by atoms with Crippen LogP contribution in [-0.2, 0) is 28.8 Å². The molecule has 0 saturated carbocycles. The Morgan fingerprint density at radius 2 is 1.89 bits per heavy atom. The minimum Gasteiger partial charge on any atom is -0.451 e. The number of carbonyl (C=O) groups is 2. The van der Waals surface area contributed by atoms with E-state index in [0.717, 1.165) is 24.8 Å². The summed E-state index contributed by atoms with van der Waals surface area (Å²) >= 11 is 1.52. The number of ether oxygens (including phenoxy) is 1. The molecule has 144 valence electrons. The van der Waals surface area contributed by atoms with Gasteiger partial charge in [-0.15, -0.1) is 11.3 Å². The second-order valence-corrected chi connectivity index (χ2v) is 8.22. The van der Waals surface area contributed by atoms with E-state index in [4.69, 9.17) is 4.74 Å². The first kappa shape index (κ1) is 19.6. The van der Waals surface area contributed by atoms with Crippen LogP contribution in [0.25, 0.3) is 0 Å². The van der Waals surface area contributed by atoms with Gasteiger partial charge in [0.05, 0.1) is 6.04 Å². The topological polar surface area (TPSA) is 55.4 Å². The van der Waals surface area contributed by atoms with Crippen LogP contribution in [0.4, 0.5) is 0 Å². The van der Waals surface area contributed by atoms with Crippen molar-refractivity contribution in [1.29, 1.82) is 0 Å². The van der Waals surface area contributed by atoms with Gasteiger partial charge in [0.2, 0.25) is 0 Å². The fraction of sp³-hybridized carbons (Fsp3) is 0.455. The summed E-state index contributed by atoms with van der Waals surface area (Å²) in [5.41, 5.74) is 3.58. The molecule has 1 heterocycles. The molecule has 0 radical (unpaired) electrons. The van der Waals surface area contributed by atoms with Gasteiger partial charge in [0.15, 0.2) is 6.61 Å². The van der Waals surface area contributed by atoms with E-state index >= 15 is 0 Å². The van der Waals surface area contributed by atoms with Gasteiger partial charge in [0.1, 0.15) is 4.88 Å². The average Bonchev–Trinajstić information content (AvgIpc) is 2.96. The molecule has 1 aliphatic carbocycles. The Balaban J connectivity index is 1.50. The first-order valence-electron chi connectivity index (χ1n) is 9.73. The number of rotatable bonds is 6. The van der Waals surface area contributed by atoms with Gasteiger partial charge in [-0.25, -0.2) is 4.79 Å². The van der Waals surface area contributed by atoms with Crippen LogP contribution in [0.1, 0.15) is 70.4 Å². The molecule has 1 aromatic carbocycles. The van der Waals surface area contributed by atoms with Crippen LogP contribution in [-0.4, -0.2) is 18.5 Å². The molecule has 1 N–H and O–H groups in total. The van der Waals surface area contributed by atoms with E-state index in [-0.39, 0.29) is 18.6 Å². The molecule has 5 heteroatoms. The lowest BCUT2D eigenvalue weighted by Gasteiger charge is -2.14. The minimum atomic E-state index is -0.400. The number of nitrogens with one attached hydrogen (secondary N) is 1. The van der Waals surface area contributed by atoms with E-state index in [2.05, 4.69) is 24.4 Å². The van der Waals surface area contributed by atoms with Gasteiger partial charge in [-0.05, 0) is 61.8 Å². The highest BCUT2D eigenvalue weighted by atomic mass is 32.1. The maximum absolute atomic E-state index is 12.3. The molecule has 1 aromatic heterocycles. The van der Waals surface area contributed by atoms with Crippen LogP contribution in [0.5, 0.6) is 0 Å². The maximum atomic E-state index is 12.3. The number of amides is 1. The maximum Gasteiger partial charge on any atom is 0.348 e. The Kier molecular flexibility index (Phi) is 6.67. The molecule has 0 saturated heterocycles. The van der Waals surface area contributed by atoms with Crippen molar-refractivity contribution in [3.63, 3.8) is 0 Å². The summed E-state index contributed by atoms with van der Waals surface area (Å²) in [4.78, 5) is 26.3. The molecule has 0 fully saturated rings. The molecule has 1 amide bonds. The Morgan fingerprint density at radius 3 is 2.63 bits per heavy atom. The number of benzene rings is 1. The number of fused-ring (bicyclic) bond motifs is 1. The Labute approximate surface area is 164 Å². The van der Waals surface area contributed by atoms with Crippen molar-refractivity contribution in [2.24, 2.45) is 0 Å². The van der Waals surface area contributed by atoms with Crippen molar-refractivity contribution in [2.75, 3.05) is 6.61 Å². The SMILES string of the molecule is CCc1ccc([C@@H](C)NC(=O)COC(=O)c2cc3c(s2)CCCCC3)cc1. The molecule has 1 atom stereocenters. The first-order valence-corrected chi connectivity index (χ1v) is 10.6. The highest BCUT2D eigenvalue weighted by molar-refractivity contribution is 7.14. The smallest absolute Gasteiger partial charge is 0.348 e. The van der Waals surface area contributed by atoms with Crippen LogP contribution >= 0.6 is 11.3 Å².